The highest BCUT2D eigenvalue weighted by atomic mass is 19.1. The van der Waals surface area contributed by atoms with Crippen LogP contribution in [0.5, 0.6) is 11.5 Å². The zero-order valence-corrected chi connectivity index (χ0v) is 20.9. The van der Waals surface area contributed by atoms with Gasteiger partial charge in [0.15, 0.2) is 5.65 Å². The third-order valence-corrected chi connectivity index (χ3v) is 6.03. The number of ether oxygens (including phenoxy) is 2. The first kappa shape index (κ1) is 24.2. The average Bonchev–Trinajstić information content (AvgIpc) is 3.21. The normalized spacial score (nSPS) is 11.0. The first-order valence-corrected chi connectivity index (χ1v) is 12.1. The number of benzene rings is 3. The van der Waals surface area contributed by atoms with Gasteiger partial charge in [0.05, 0.1) is 35.5 Å². The van der Waals surface area contributed by atoms with Crippen molar-refractivity contribution in [3.63, 3.8) is 0 Å². The first-order valence-electron chi connectivity index (χ1n) is 12.1. The third-order valence-electron chi connectivity index (χ3n) is 6.03. The smallest absolute Gasteiger partial charge is 0.339 e. The summed E-state index contributed by atoms with van der Waals surface area (Å²) in [4.78, 5) is 17.8. The predicted molar refractivity (Wildman–Crippen MR) is 140 cm³/mol. The number of carbonyl (C=O) groups excluding carboxylic acids is 1. The van der Waals surface area contributed by atoms with E-state index in [9.17, 15) is 9.18 Å². The number of pyridine rings is 1. The fraction of sp³-hybridized carbons (Fsp3) is 0.167. The molecule has 37 heavy (non-hydrogen) atoms. The molecule has 0 atom stereocenters. The summed E-state index contributed by atoms with van der Waals surface area (Å²) in [5.74, 6) is 0.492. The Kier molecular flexibility index (Phi) is 6.68. The van der Waals surface area contributed by atoms with Crippen molar-refractivity contribution in [2.24, 2.45) is 0 Å². The van der Waals surface area contributed by atoms with Gasteiger partial charge in [-0.25, -0.2) is 18.9 Å². The molecule has 0 unspecified atom stereocenters. The summed E-state index contributed by atoms with van der Waals surface area (Å²) < 4.78 is 26.1. The summed E-state index contributed by atoms with van der Waals surface area (Å²) in [6.45, 7) is 6.42. The van der Waals surface area contributed by atoms with Gasteiger partial charge in [-0.15, -0.1) is 0 Å². The summed E-state index contributed by atoms with van der Waals surface area (Å²) in [7, 11) is 0. The molecule has 2 aromatic heterocycles. The van der Waals surface area contributed by atoms with E-state index in [0.717, 1.165) is 16.7 Å². The van der Waals surface area contributed by atoms with Crippen LogP contribution in [-0.4, -0.2) is 27.3 Å². The number of hydrogen-bond donors (Lipinski definition) is 0. The number of hydrogen-bond acceptors (Lipinski definition) is 5. The lowest BCUT2D eigenvalue weighted by Gasteiger charge is -2.10. The molecule has 5 aromatic rings. The molecule has 0 spiro atoms. The van der Waals surface area contributed by atoms with Crippen LogP contribution in [0.25, 0.3) is 22.3 Å². The Balaban J connectivity index is 1.50. The predicted octanol–water partition coefficient (Wildman–Crippen LogP) is 6.87. The van der Waals surface area contributed by atoms with Crippen molar-refractivity contribution >= 4 is 17.0 Å². The van der Waals surface area contributed by atoms with Gasteiger partial charge in [0.1, 0.15) is 17.3 Å². The Morgan fingerprint density at radius 1 is 0.919 bits per heavy atom. The molecule has 2 heterocycles. The summed E-state index contributed by atoms with van der Waals surface area (Å²) in [5, 5.41) is 5.40. The van der Waals surface area contributed by atoms with Gasteiger partial charge in [-0.2, -0.15) is 5.10 Å². The van der Waals surface area contributed by atoms with Crippen molar-refractivity contribution in [2.75, 3.05) is 6.61 Å². The van der Waals surface area contributed by atoms with Crippen LogP contribution >= 0.6 is 0 Å². The lowest BCUT2D eigenvalue weighted by molar-refractivity contribution is 0.0528. The zero-order valence-electron chi connectivity index (χ0n) is 20.9. The highest BCUT2D eigenvalue weighted by molar-refractivity contribution is 6.05. The molecule has 0 bridgehead atoms. The molecule has 0 aliphatic carbocycles. The maximum atomic E-state index is 13.1. The minimum Gasteiger partial charge on any atom is -0.462 e. The molecule has 0 aliphatic heterocycles. The second-order valence-electron chi connectivity index (χ2n) is 8.78. The van der Waals surface area contributed by atoms with E-state index in [1.165, 1.54) is 12.1 Å². The minimum atomic E-state index is -0.395. The van der Waals surface area contributed by atoms with Crippen molar-refractivity contribution < 1.29 is 18.7 Å². The van der Waals surface area contributed by atoms with Gasteiger partial charge in [-0.1, -0.05) is 42.0 Å². The molecule has 7 heteroatoms. The summed E-state index contributed by atoms with van der Waals surface area (Å²) in [5.41, 5.74) is 5.49. The average molecular weight is 496 g/mol. The SMILES string of the molecule is CCOC(=O)c1cc(-c2ccc(C)cc2)nc2c1c(C)nn2Cc1ccc(Oc2ccc(F)cc2)cc1. The van der Waals surface area contributed by atoms with E-state index in [1.807, 2.05) is 62.4 Å². The quantitative estimate of drug-likeness (QED) is 0.231. The Morgan fingerprint density at radius 2 is 1.57 bits per heavy atom. The molecule has 0 saturated carbocycles. The van der Waals surface area contributed by atoms with Gasteiger partial charge >= 0.3 is 5.97 Å². The second-order valence-corrected chi connectivity index (χ2v) is 8.78. The number of nitrogens with zero attached hydrogens (tertiary/aromatic N) is 3. The largest absolute Gasteiger partial charge is 0.462 e. The zero-order chi connectivity index (χ0) is 25.9. The third kappa shape index (κ3) is 5.21. The van der Waals surface area contributed by atoms with Crippen LogP contribution < -0.4 is 4.74 Å². The van der Waals surface area contributed by atoms with E-state index >= 15 is 0 Å². The van der Waals surface area contributed by atoms with Crippen LogP contribution in [0.15, 0.2) is 78.9 Å². The molecule has 3 aromatic carbocycles. The van der Waals surface area contributed by atoms with Crippen molar-refractivity contribution in [1.82, 2.24) is 14.8 Å². The molecule has 5 rings (SSSR count). The molecule has 0 radical (unpaired) electrons. The number of esters is 1. The molecule has 186 valence electrons. The topological polar surface area (TPSA) is 66.2 Å². The number of carbonyl (C=O) groups is 1. The van der Waals surface area contributed by atoms with Crippen LogP contribution in [0.3, 0.4) is 0 Å². The van der Waals surface area contributed by atoms with Gasteiger partial charge < -0.3 is 9.47 Å². The number of fused-ring (bicyclic) bond motifs is 1. The second kappa shape index (κ2) is 10.2. The molecule has 0 fully saturated rings. The maximum absolute atomic E-state index is 13.1. The van der Waals surface area contributed by atoms with Gasteiger partial charge in [0, 0.05) is 5.56 Å². The van der Waals surface area contributed by atoms with E-state index in [2.05, 4.69) is 0 Å². The Labute approximate surface area is 214 Å². The van der Waals surface area contributed by atoms with Gasteiger partial charge in [0.25, 0.3) is 0 Å². The van der Waals surface area contributed by atoms with E-state index in [-0.39, 0.29) is 12.4 Å². The van der Waals surface area contributed by atoms with Gasteiger partial charge in [-0.3, -0.25) is 0 Å². The van der Waals surface area contributed by atoms with E-state index < -0.39 is 5.97 Å². The fourth-order valence-corrected chi connectivity index (χ4v) is 4.18. The molecule has 0 amide bonds. The summed E-state index contributed by atoms with van der Waals surface area (Å²) in [6.07, 6.45) is 0. The Hall–Kier alpha value is -4.52. The van der Waals surface area contributed by atoms with Crippen LogP contribution in [0, 0.1) is 19.7 Å². The first-order chi connectivity index (χ1) is 17.9. The monoisotopic (exact) mass is 495 g/mol. The highest BCUT2D eigenvalue weighted by Crippen LogP contribution is 2.29. The van der Waals surface area contributed by atoms with Crippen LogP contribution in [0.1, 0.15) is 34.1 Å². The van der Waals surface area contributed by atoms with E-state index in [1.54, 1.807) is 29.8 Å². The van der Waals surface area contributed by atoms with Crippen LogP contribution in [0.2, 0.25) is 0 Å². The van der Waals surface area contributed by atoms with Gasteiger partial charge in [0.2, 0.25) is 0 Å². The van der Waals surface area contributed by atoms with Crippen molar-refractivity contribution in [2.45, 2.75) is 27.3 Å². The van der Waals surface area contributed by atoms with E-state index in [0.29, 0.717) is 46.0 Å². The van der Waals surface area contributed by atoms with E-state index in [4.69, 9.17) is 19.6 Å². The number of aryl methyl sites for hydroxylation is 2. The Bertz CT molecular complexity index is 1560. The number of rotatable bonds is 7. The van der Waals surface area contributed by atoms with Crippen molar-refractivity contribution in [3.05, 3.63) is 107 Å². The minimum absolute atomic E-state index is 0.280. The lowest BCUT2D eigenvalue weighted by atomic mass is 10.0. The molecular weight excluding hydrogens is 469 g/mol. The number of aromatic nitrogens is 3. The van der Waals surface area contributed by atoms with Crippen molar-refractivity contribution in [1.29, 1.82) is 0 Å². The summed E-state index contributed by atoms with van der Waals surface area (Å²) >= 11 is 0. The van der Waals surface area contributed by atoms with Crippen LogP contribution in [-0.2, 0) is 11.3 Å². The standard InChI is InChI=1S/C30H26FN3O3/c1-4-36-30(35)26-17-27(22-9-5-19(2)6-10-22)32-29-28(26)20(3)33-34(29)18-21-7-13-24(14-8-21)37-25-15-11-23(31)12-16-25/h5-17H,4,18H2,1-3H3. The lowest BCUT2D eigenvalue weighted by Crippen LogP contribution is -2.08. The molecule has 0 saturated heterocycles. The number of halogens is 1. The molecule has 0 N–H and O–H groups in total. The fourth-order valence-electron chi connectivity index (χ4n) is 4.18. The summed E-state index contributed by atoms with van der Waals surface area (Å²) in [6, 6.07) is 23.3. The molecule has 0 aliphatic rings. The van der Waals surface area contributed by atoms with Gasteiger partial charge in [-0.05, 0) is 68.8 Å². The van der Waals surface area contributed by atoms with Crippen molar-refractivity contribution in [3.8, 4) is 22.8 Å². The molecular formula is C30H26FN3O3. The van der Waals surface area contributed by atoms with Crippen LogP contribution in [0.4, 0.5) is 4.39 Å². The highest BCUT2D eigenvalue weighted by Gasteiger charge is 2.21. The maximum Gasteiger partial charge on any atom is 0.339 e. The molecule has 6 nitrogen and oxygen atoms in total. The Morgan fingerprint density at radius 3 is 2.22 bits per heavy atom.